The molecule has 0 heterocycles. The fourth-order valence-corrected chi connectivity index (χ4v) is 12.8. The lowest BCUT2D eigenvalue weighted by molar-refractivity contribution is 0.152. The van der Waals surface area contributed by atoms with Gasteiger partial charge >= 0.3 is 0 Å². The van der Waals surface area contributed by atoms with Crippen LogP contribution in [0.1, 0.15) is 221 Å². The molecule has 0 aromatic carbocycles. The molecule has 0 aromatic heterocycles. The van der Waals surface area contributed by atoms with E-state index < -0.39 is 0 Å². The lowest BCUT2D eigenvalue weighted by Crippen LogP contribution is -2.25. The molecule has 52 heavy (non-hydrogen) atoms. The fraction of sp³-hybridized carbons (Fsp3) is 0.885. The zero-order chi connectivity index (χ0) is 37.0. The predicted octanol–water partition coefficient (Wildman–Crippen LogP) is 17.1. The van der Waals surface area contributed by atoms with Gasteiger partial charge in [-0.15, -0.1) is 6.58 Å². The van der Waals surface area contributed by atoms with E-state index in [0.717, 1.165) is 71.0 Å². The van der Waals surface area contributed by atoms with Crippen molar-refractivity contribution in [2.75, 3.05) is 0 Å². The second-order valence-corrected chi connectivity index (χ2v) is 19.6. The molecule has 0 saturated heterocycles. The zero-order valence-electron chi connectivity index (χ0n) is 36.0. The van der Waals surface area contributed by atoms with Crippen molar-refractivity contribution >= 4 is 0 Å². The molecule has 6 saturated carbocycles. The van der Waals surface area contributed by atoms with Crippen LogP contribution in [0.2, 0.25) is 0 Å². The van der Waals surface area contributed by atoms with Gasteiger partial charge < -0.3 is 0 Å². The molecule has 0 aliphatic heterocycles. The fourth-order valence-electron chi connectivity index (χ4n) is 12.8. The molecule has 0 spiro atoms. The van der Waals surface area contributed by atoms with Crippen LogP contribution in [-0.4, -0.2) is 0 Å². The van der Waals surface area contributed by atoms with Crippen LogP contribution in [0.15, 0.2) is 37.0 Å². The molecule has 0 amide bonds. The first-order chi connectivity index (χ1) is 25.5. The van der Waals surface area contributed by atoms with Crippen molar-refractivity contribution in [3.8, 4) is 0 Å². The van der Waals surface area contributed by atoms with E-state index in [1.54, 1.807) is 12.8 Å². The average molecular weight is 717 g/mol. The zero-order valence-corrected chi connectivity index (χ0v) is 36.0. The molecule has 6 rings (SSSR count). The Bertz CT molecular complexity index is 923. The van der Waals surface area contributed by atoms with Crippen LogP contribution in [0.3, 0.4) is 0 Å². The summed E-state index contributed by atoms with van der Waals surface area (Å²) in [7, 11) is 0. The van der Waals surface area contributed by atoms with Gasteiger partial charge in [-0.05, 0) is 200 Å². The third kappa shape index (κ3) is 15.0. The molecule has 0 aromatic rings. The average Bonchev–Trinajstić information content (AvgIpc) is 3.20. The van der Waals surface area contributed by atoms with Crippen molar-refractivity contribution in [2.24, 2.45) is 71.0 Å². The lowest BCUT2D eigenvalue weighted by Gasteiger charge is -2.37. The molecule has 0 heteroatoms. The topological polar surface area (TPSA) is 0 Å². The van der Waals surface area contributed by atoms with E-state index in [9.17, 15) is 0 Å². The summed E-state index contributed by atoms with van der Waals surface area (Å²) in [5.74, 6) is 12.3. The van der Waals surface area contributed by atoms with Crippen molar-refractivity contribution in [2.45, 2.75) is 221 Å². The number of allylic oxidation sites excluding steroid dienone is 5. The second-order valence-electron chi connectivity index (χ2n) is 19.6. The summed E-state index contributed by atoms with van der Waals surface area (Å²) in [6.45, 7) is 15.3. The minimum Gasteiger partial charge on any atom is -0.103 e. The highest BCUT2D eigenvalue weighted by Gasteiger charge is 2.32. The highest BCUT2D eigenvalue weighted by molar-refractivity contribution is 4.92. The van der Waals surface area contributed by atoms with E-state index >= 15 is 0 Å². The summed E-state index contributed by atoms with van der Waals surface area (Å²) in [6, 6.07) is 0. The predicted molar refractivity (Wildman–Crippen MR) is 233 cm³/mol. The van der Waals surface area contributed by atoms with Crippen molar-refractivity contribution < 1.29 is 0 Å². The molecular weight excluding hydrogens is 625 g/mol. The first-order valence-electron chi connectivity index (χ1n) is 24.4. The van der Waals surface area contributed by atoms with Gasteiger partial charge in [0, 0.05) is 0 Å². The van der Waals surface area contributed by atoms with Gasteiger partial charge in [0.2, 0.25) is 0 Å². The third-order valence-corrected chi connectivity index (χ3v) is 16.4. The standard InChI is InChI=1S/C18H32.2C17H30/c1-3-5-15-7-11-17(12-8-15)18-13-9-16(6-4-2)10-14-18;2*1-3-5-15-8-12-17(13-9-15)16-10-6-14(4-2)7-11-16/h3,5,15-18H,4,6-14H2,1-2H3;3,5,14-17H,4,6-13H2,1-2H3;4,14-17H,2-3,5-13H2,1H3/b2*5-3+;. The van der Waals surface area contributed by atoms with Gasteiger partial charge in [0.25, 0.3) is 0 Å². The van der Waals surface area contributed by atoms with Crippen molar-refractivity contribution in [1.82, 2.24) is 0 Å². The van der Waals surface area contributed by atoms with Crippen molar-refractivity contribution in [1.29, 1.82) is 0 Å². The molecule has 6 aliphatic rings. The summed E-state index contributed by atoms with van der Waals surface area (Å²) < 4.78 is 0. The Morgan fingerprint density at radius 1 is 0.365 bits per heavy atom. The maximum Gasteiger partial charge on any atom is -0.0233 e. The highest BCUT2D eigenvalue weighted by Crippen LogP contribution is 2.45. The van der Waals surface area contributed by atoms with Crippen LogP contribution in [-0.2, 0) is 0 Å². The Morgan fingerprint density at radius 2 is 0.635 bits per heavy atom. The maximum absolute atomic E-state index is 3.95. The molecule has 0 N–H and O–H groups in total. The molecule has 0 atom stereocenters. The van der Waals surface area contributed by atoms with E-state index in [-0.39, 0.29) is 0 Å². The van der Waals surface area contributed by atoms with E-state index in [0.29, 0.717) is 0 Å². The van der Waals surface area contributed by atoms with Gasteiger partial charge in [-0.2, -0.15) is 0 Å². The first kappa shape index (κ1) is 43.9. The van der Waals surface area contributed by atoms with Gasteiger partial charge in [0.05, 0.1) is 0 Å². The molecule has 6 aliphatic carbocycles. The second kappa shape index (κ2) is 25.4. The summed E-state index contributed by atoms with van der Waals surface area (Å²) in [6.07, 6.45) is 54.8. The summed E-state index contributed by atoms with van der Waals surface area (Å²) >= 11 is 0. The molecule has 0 bridgehead atoms. The van der Waals surface area contributed by atoms with Crippen LogP contribution in [0.4, 0.5) is 0 Å². The molecule has 0 unspecified atom stereocenters. The van der Waals surface area contributed by atoms with Gasteiger partial charge in [0.1, 0.15) is 0 Å². The summed E-state index contributed by atoms with van der Waals surface area (Å²) in [4.78, 5) is 0. The highest BCUT2D eigenvalue weighted by atomic mass is 14.4. The van der Waals surface area contributed by atoms with Gasteiger partial charge in [-0.1, -0.05) is 122 Å². The van der Waals surface area contributed by atoms with Gasteiger partial charge in [0.15, 0.2) is 0 Å². The maximum atomic E-state index is 3.95. The molecule has 0 radical (unpaired) electrons. The van der Waals surface area contributed by atoms with Crippen LogP contribution in [0.25, 0.3) is 0 Å². The molecular formula is C52H92. The molecule has 300 valence electrons. The van der Waals surface area contributed by atoms with E-state index in [4.69, 9.17) is 0 Å². The minimum atomic E-state index is 0.836. The van der Waals surface area contributed by atoms with Crippen molar-refractivity contribution in [3.63, 3.8) is 0 Å². The number of hydrogen-bond donors (Lipinski definition) is 0. The van der Waals surface area contributed by atoms with Crippen LogP contribution < -0.4 is 0 Å². The van der Waals surface area contributed by atoms with Crippen LogP contribution in [0, 0.1) is 71.0 Å². The monoisotopic (exact) mass is 717 g/mol. The van der Waals surface area contributed by atoms with Gasteiger partial charge in [-0.25, -0.2) is 0 Å². The third-order valence-electron chi connectivity index (χ3n) is 16.4. The Morgan fingerprint density at radius 3 is 0.885 bits per heavy atom. The normalized spacial score (nSPS) is 38.9. The van der Waals surface area contributed by atoms with E-state index in [1.807, 2.05) is 0 Å². The van der Waals surface area contributed by atoms with E-state index in [1.165, 1.54) is 173 Å². The Balaban J connectivity index is 0.000000175. The summed E-state index contributed by atoms with van der Waals surface area (Å²) in [5.41, 5.74) is 0. The first-order valence-corrected chi connectivity index (χ1v) is 24.4. The largest absolute Gasteiger partial charge is 0.103 e. The van der Waals surface area contributed by atoms with Gasteiger partial charge in [-0.3, -0.25) is 0 Å². The quantitative estimate of drug-likeness (QED) is 0.187. The summed E-state index contributed by atoms with van der Waals surface area (Å²) in [5, 5.41) is 0. The Hall–Kier alpha value is -0.780. The Kier molecular flexibility index (Phi) is 21.5. The number of hydrogen-bond acceptors (Lipinski definition) is 0. The van der Waals surface area contributed by atoms with E-state index in [2.05, 4.69) is 71.6 Å². The Labute approximate surface area is 327 Å². The van der Waals surface area contributed by atoms with Crippen LogP contribution >= 0.6 is 0 Å². The number of rotatable bonds is 11. The SMILES string of the molecule is C/C=C/C1CCC(C2CCC(CC)CC2)CC1.C/C=C/C1CCC(C2CCC(CCC)CC2)CC1.C=CC1CCC(C2CCC(CCC)CC2)CC1. The minimum absolute atomic E-state index is 0.836. The molecule has 6 fully saturated rings. The van der Waals surface area contributed by atoms with Crippen molar-refractivity contribution in [3.05, 3.63) is 37.0 Å². The smallest absolute Gasteiger partial charge is 0.0233 e. The lowest BCUT2D eigenvalue weighted by atomic mass is 9.69. The molecule has 0 nitrogen and oxygen atoms in total. The van der Waals surface area contributed by atoms with Crippen LogP contribution in [0.5, 0.6) is 0 Å².